The average Bonchev–Trinajstić information content (AvgIpc) is 2.39. The summed E-state index contributed by atoms with van der Waals surface area (Å²) in [4.78, 5) is 10.9. The van der Waals surface area contributed by atoms with Crippen LogP contribution in [0.1, 0.15) is 5.56 Å². The molecule has 0 radical (unpaired) electrons. The summed E-state index contributed by atoms with van der Waals surface area (Å²) in [6.07, 6.45) is 0. The summed E-state index contributed by atoms with van der Waals surface area (Å²) >= 11 is 6.18. The van der Waals surface area contributed by atoms with E-state index in [2.05, 4.69) is 10.1 Å². The largest absolute Gasteiger partial charge is 0.493 e. The van der Waals surface area contributed by atoms with Gasteiger partial charge in [0.05, 0.1) is 32.9 Å². The highest BCUT2D eigenvalue weighted by atomic mass is 35.5. The molecule has 5 nitrogen and oxygen atoms in total. The first-order valence-corrected chi connectivity index (χ1v) is 5.68. The van der Waals surface area contributed by atoms with Gasteiger partial charge >= 0.3 is 5.97 Å². The van der Waals surface area contributed by atoms with Crippen LogP contribution in [-0.4, -0.2) is 33.8 Å². The molecule has 0 amide bonds. The molecule has 0 unspecified atom stereocenters. The van der Waals surface area contributed by atoms with Gasteiger partial charge in [-0.1, -0.05) is 17.7 Å². The van der Waals surface area contributed by atoms with Crippen LogP contribution < -0.4 is 14.8 Å². The summed E-state index contributed by atoms with van der Waals surface area (Å²) in [5.74, 6) is 0.724. The highest BCUT2D eigenvalue weighted by Gasteiger charge is 2.13. The van der Waals surface area contributed by atoms with Crippen LogP contribution in [0.3, 0.4) is 0 Å². The van der Waals surface area contributed by atoms with Gasteiger partial charge in [-0.05, 0) is 11.6 Å². The number of carbonyl (C=O) groups excluding carboxylic acids is 1. The fraction of sp³-hybridized carbons (Fsp3) is 0.417. The molecule has 0 aliphatic carbocycles. The van der Waals surface area contributed by atoms with Crippen molar-refractivity contribution in [1.82, 2.24) is 5.32 Å². The lowest BCUT2D eigenvalue weighted by molar-refractivity contribution is -0.139. The molecule has 0 saturated heterocycles. The van der Waals surface area contributed by atoms with Crippen molar-refractivity contribution >= 4 is 17.6 Å². The van der Waals surface area contributed by atoms with E-state index < -0.39 is 0 Å². The predicted molar refractivity (Wildman–Crippen MR) is 68.3 cm³/mol. The van der Waals surface area contributed by atoms with E-state index in [4.69, 9.17) is 21.1 Å². The third-order valence-electron chi connectivity index (χ3n) is 2.38. The zero-order valence-electron chi connectivity index (χ0n) is 10.6. The molecule has 0 heterocycles. The molecule has 1 N–H and O–H groups in total. The van der Waals surface area contributed by atoms with Gasteiger partial charge in [0, 0.05) is 6.54 Å². The number of esters is 1. The molecule has 1 rings (SSSR count). The van der Waals surface area contributed by atoms with Gasteiger partial charge < -0.3 is 19.5 Å². The summed E-state index contributed by atoms with van der Waals surface area (Å²) in [5.41, 5.74) is 0.818. The van der Waals surface area contributed by atoms with Crippen molar-refractivity contribution in [3.63, 3.8) is 0 Å². The Labute approximate surface area is 111 Å². The summed E-state index contributed by atoms with van der Waals surface area (Å²) < 4.78 is 14.8. The maximum absolute atomic E-state index is 10.9. The molecule has 0 aliphatic rings. The van der Waals surface area contributed by atoms with Crippen LogP contribution in [0.25, 0.3) is 0 Å². The number of carbonyl (C=O) groups is 1. The number of ether oxygens (including phenoxy) is 3. The summed E-state index contributed by atoms with van der Waals surface area (Å²) in [5, 5.41) is 3.39. The Balaban J connectivity index is 2.75. The highest BCUT2D eigenvalue weighted by molar-refractivity contribution is 6.33. The number of rotatable bonds is 6. The number of benzene rings is 1. The Kier molecular flexibility index (Phi) is 5.74. The van der Waals surface area contributed by atoms with Gasteiger partial charge in [-0.2, -0.15) is 0 Å². The maximum atomic E-state index is 10.9. The zero-order chi connectivity index (χ0) is 13.5. The normalized spacial score (nSPS) is 10.0. The molecule has 0 fully saturated rings. The van der Waals surface area contributed by atoms with Gasteiger partial charge in [0.25, 0.3) is 0 Å². The predicted octanol–water partition coefficient (Wildman–Crippen LogP) is 1.62. The van der Waals surface area contributed by atoms with Crippen molar-refractivity contribution in [2.24, 2.45) is 0 Å². The van der Waals surface area contributed by atoms with Crippen molar-refractivity contribution in [1.29, 1.82) is 0 Å². The van der Waals surface area contributed by atoms with E-state index in [1.807, 2.05) is 6.07 Å². The highest BCUT2D eigenvalue weighted by Crippen LogP contribution is 2.37. The molecule has 1 aromatic carbocycles. The molecule has 0 bridgehead atoms. The van der Waals surface area contributed by atoms with Crippen molar-refractivity contribution in [2.75, 3.05) is 27.9 Å². The van der Waals surface area contributed by atoms with Gasteiger partial charge in [0.2, 0.25) is 0 Å². The molecule has 0 aromatic heterocycles. The fourth-order valence-electron chi connectivity index (χ4n) is 1.44. The van der Waals surface area contributed by atoms with Gasteiger partial charge in [0.1, 0.15) is 0 Å². The number of halogens is 1. The van der Waals surface area contributed by atoms with Crippen molar-refractivity contribution in [3.05, 3.63) is 22.7 Å². The number of methoxy groups -OCH3 is 3. The van der Waals surface area contributed by atoms with E-state index in [1.165, 1.54) is 14.2 Å². The Morgan fingerprint density at radius 1 is 1.28 bits per heavy atom. The van der Waals surface area contributed by atoms with Gasteiger partial charge in [-0.25, -0.2) is 0 Å². The lowest BCUT2D eigenvalue weighted by atomic mass is 10.2. The molecule has 100 valence electrons. The lowest BCUT2D eigenvalue weighted by Crippen LogP contribution is -2.23. The van der Waals surface area contributed by atoms with E-state index in [1.54, 1.807) is 13.2 Å². The standard InChI is InChI=1S/C12H16ClNO4/c1-16-9-5-4-8(11(13)12(9)18-3)6-14-7-10(15)17-2/h4-5,14H,6-7H2,1-3H3. The van der Waals surface area contributed by atoms with Crippen LogP contribution >= 0.6 is 11.6 Å². The monoisotopic (exact) mass is 273 g/mol. The first-order chi connectivity index (χ1) is 8.63. The molecule has 0 spiro atoms. The second-order valence-corrected chi connectivity index (χ2v) is 3.83. The quantitative estimate of drug-likeness (QED) is 0.798. The Hall–Kier alpha value is -1.46. The molecular formula is C12H16ClNO4. The Bertz CT molecular complexity index is 423. The molecule has 0 saturated carbocycles. The second kappa shape index (κ2) is 7.08. The van der Waals surface area contributed by atoms with Gasteiger partial charge in [-0.15, -0.1) is 0 Å². The third kappa shape index (κ3) is 3.51. The van der Waals surface area contributed by atoms with Crippen LogP contribution in [0.15, 0.2) is 12.1 Å². The van der Waals surface area contributed by atoms with Crippen LogP contribution in [0.2, 0.25) is 5.02 Å². The molecule has 1 aromatic rings. The summed E-state index contributed by atoms with van der Waals surface area (Å²) in [6.45, 7) is 0.565. The van der Waals surface area contributed by atoms with Crippen LogP contribution in [0.5, 0.6) is 11.5 Å². The molecule has 6 heteroatoms. The van der Waals surface area contributed by atoms with Crippen LogP contribution in [-0.2, 0) is 16.1 Å². The third-order valence-corrected chi connectivity index (χ3v) is 2.79. The number of hydrogen-bond acceptors (Lipinski definition) is 5. The summed E-state index contributed by atoms with van der Waals surface area (Å²) in [7, 11) is 4.41. The zero-order valence-corrected chi connectivity index (χ0v) is 11.3. The van der Waals surface area contributed by atoms with Gasteiger partial charge in [0.15, 0.2) is 11.5 Å². The maximum Gasteiger partial charge on any atom is 0.319 e. The van der Waals surface area contributed by atoms with E-state index in [0.717, 1.165) is 5.56 Å². The SMILES string of the molecule is COC(=O)CNCc1ccc(OC)c(OC)c1Cl. The van der Waals surface area contributed by atoms with E-state index in [0.29, 0.717) is 23.1 Å². The minimum Gasteiger partial charge on any atom is -0.493 e. The van der Waals surface area contributed by atoms with Gasteiger partial charge in [-0.3, -0.25) is 4.79 Å². The Morgan fingerprint density at radius 3 is 2.56 bits per heavy atom. The minimum absolute atomic E-state index is 0.126. The molecule has 0 aliphatic heterocycles. The molecule has 0 atom stereocenters. The smallest absolute Gasteiger partial charge is 0.319 e. The van der Waals surface area contributed by atoms with E-state index >= 15 is 0 Å². The van der Waals surface area contributed by atoms with Crippen LogP contribution in [0, 0.1) is 0 Å². The number of hydrogen-bond donors (Lipinski definition) is 1. The van der Waals surface area contributed by atoms with Crippen LogP contribution in [0.4, 0.5) is 0 Å². The number of nitrogens with one attached hydrogen (secondary N) is 1. The van der Waals surface area contributed by atoms with E-state index in [9.17, 15) is 4.79 Å². The fourth-order valence-corrected chi connectivity index (χ4v) is 1.74. The first-order valence-electron chi connectivity index (χ1n) is 5.31. The van der Waals surface area contributed by atoms with E-state index in [-0.39, 0.29) is 12.5 Å². The van der Waals surface area contributed by atoms with Crippen molar-refractivity contribution in [2.45, 2.75) is 6.54 Å². The van der Waals surface area contributed by atoms with Crippen molar-refractivity contribution < 1.29 is 19.0 Å². The second-order valence-electron chi connectivity index (χ2n) is 3.45. The minimum atomic E-state index is -0.327. The lowest BCUT2D eigenvalue weighted by Gasteiger charge is -2.13. The van der Waals surface area contributed by atoms with Crippen molar-refractivity contribution in [3.8, 4) is 11.5 Å². The average molecular weight is 274 g/mol. The topological polar surface area (TPSA) is 56.8 Å². The Morgan fingerprint density at radius 2 is 2.00 bits per heavy atom. The molecule has 18 heavy (non-hydrogen) atoms. The summed E-state index contributed by atoms with van der Waals surface area (Å²) in [6, 6.07) is 3.58. The first kappa shape index (κ1) is 14.6. The molecular weight excluding hydrogens is 258 g/mol.